The summed E-state index contributed by atoms with van der Waals surface area (Å²) in [6.45, 7) is 0.104. The molecule has 184 valence electrons. The molecular weight excluding hydrogens is 543 g/mol. The van der Waals surface area contributed by atoms with Gasteiger partial charge in [-0.05, 0) is 17.7 Å². The van der Waals surface area contributed by atoms with Crippen LogP contribution >= 0.6 is 23.2 Å². The minimum absolute atomic E-state index is 0.104. The first-order valence-corrected chi connectivity index (χ1v) is 11.1. The molecule has 0 saturated carbocycles. The number of halogens is 8. The summed E-state index contributed by atoms with van der Waals surface area (Å²) in [5.41, 5.74) is -7.13. The number of alkyl halides is 6. The molecule has 0 amide bonds. The van der Waals surface area contributed by atoms with Crippen LogP contribution in [0, 0.1) is 11.3 Å². The number of aromatic nitrogens is 2. The summed E-state index contributed by atoms with van der Waals surface area (Å²) in [4.78, 5) is 2.93. The number of rotatable bonds is 6. The SMILES string of the molecule is N#Cc1nn(-c2c(Cl)cc(C(F)(F)F)cc2Cl)c(NC=NCc2ccccc2)c1S(=O)C(F)(F)F. The quantitative estimate of drug-likeness (QED) is 0.219. The van der Waals surface area contributed by atoms with Crippen LogP contribution in [0.3, 0.4) is 0 Å². The van der Waals surface area contributed by atoms with Gasteiger partial charge in [-0.1, -0.05) is 53.5 Å². The Hall–Kier alpha value is -3.08. The van der Waals surface area contributed by atoms with E-state index in [-0.39, 0.29) is 6.54 Å². The Kier molecular flexibility index (Phi) is 7.78. The van der Waals surface area contributed by atoms with Crippen LogP contribution in [0.1, 0.15) is 16.8 Å². The van der Waals surface area contributed by atoms with E-state index in [1.807, 2.05) is 0 Å². The molecule has 0 aliphatic heterocycles. The fraction of sp³-hybridized carbons (Fsp3) is 0.150. The molecule has 3 rings (SSSR count). The van der Waals surface area contributed by atoms with Crippen molar-refractivity contribution in [3.05, 3.63) is 69.3 Å². The monoisotopic (exact) mass is 553 g/mol. The lowest BCUT2D eigenvalue weighted by atomic mass is 10.2. The minimum atomic E-state index is -5.29. The Balaban J connectivity index is 2.16. The second kappa shape index (κ2) is 10.3. The summed E-state index contributed by atoms with van der Waals surface area (Å²) in [6, 6.07) is 11.1. The van der Waals surface area contributed by atoms with Gasteiger partial charge in [0.15, 0.2) is 22.3 Å². The smallest absolute Gasteiger partial charge is 0.330 e. The van der Waals surface area contributed by atoms with E-state index < -0.39 is 60.2 Å². The Morgan fingerprint density at radius 1 is 1.11 bits per heavy atom. The molecule has 0 spiro atoms. The fourth-order valence-electron chi connectivity index (χ4n) is 2.83. The normalized spacial score (nSPS) is 13.1. The van der Waals surface area contributed by atoms with E-state index in [9.17, 15) is 35.8 Å². The molecular formula is C20H11Cl2F6N5OS. The molecule has 3 aromatic rings. The van der Waals surface area contributed by atoms with Crippen molar-refractivity contribution < 1.29 is 30.6 Å². The van der Waals surface area contributed by atoms with Crippen molar-refractivity contribution in [2.45, 2.75) is 23.1 Å². The molecule has 1 N–H and O–H groups in total. The van der Waals surface area contributed by atoms with Gasteiger partial charge in [-0.25, -0.2) is 8.89 Å². The highest BCUT2D eigenvalue weighted by Crippen LogP contribution is 2.41. The molecule has 1 unspecified atom stereocenters. The van der Waals surface area contributed by atoms with E-state index in [0.29, 0.717) is 16.8 Å². The van der Waals surface area contributed by atoms with Crippen molar-refractivity contribution in [3.8, 4) is 11.8 Å². The second-order valence-electron chi connectivity index (χ2n) is 6.65. The van der Waals surface area contributed by atoms with Gasteiger partial charge in [0.2, 0.25) is 0 Å². The Labute approximate surface area is 206 Å². The van der Waals surface area contributed by atoms with Crippen LogP contribution in [0.25, 0.3) is 5.69 Å². The average molecular weight is 554 g/mol. The van der Waals surface area contributed by atoms with E-state index in [1.165, 1.54) is 6.07 Å². The maximum Gasteiger partial charge on any atom is 0.476 e. The third kappa shape index (κ3) is 5.95. The number of nitrogens with one attached hydrogen (secondary N) is 1. The summed E-state index contributed by atoms with van der Waals surface area (Å²) >= 11 is 12.0. The molecule has 35 heavy (non-hydrogen) atoms. The first kappa shape index (κ1) is 26.5. The molecule has 0 saturated heterocycles. The van der Waals surface area contributed by atoms with E-state index in [0.717, 1.165) is 11.9 Å². The molecule has 0 bridgehead atoms. The summed E-state index contributed by atoms with van der Waals surface area (Å²) in [6.07, 6.45) is -3.85. The maximum absolute atomic E-state index is 13.3. The van der Waals surface area contributed by atoms with Gasteiger partial charge in [0.1, 0.15) is 16.7 Å². The average Bonchev–Trinajstić information content (AvgIpc) is 3.13. The molecule has 1 atom stereocenters. The molecule has 6 nitrogen and oxygen atoms in total. The van der Waals surface area contributed by atoms with E-state index >= 15 is 0 Å². The Morgan fingerprint density at radius 2 is 1.71 bits per heavy atom. The third-order valence-corrected chi connectivity index (χ3v) is 6.06. The lowest BCUT2D eigenvalue weighted by Gasteiger charge is -2.15. The number of aliphatic imine (C=N–C) groups is 1. The van der Waals surface area contributed by atoms with Gasteiger partial charge >= 0.3 is 11.7 Å². The number of hydrogen-bond acceptors (Lipinski definition) is 4. The molecule has 1 heterocycles. The van der Waals surface area contributed by atoms with Crippen molar-refractivity contribution in [1.82, 2.24) is 9.78 Å². The van der Waals surface area contributed by atoms with E-state index in [2.05, 4.69) is 15.4 Å². The molecule has 2 aromatic carbocycles. The lowest BCUT2D eigenvalue weighted by molar-refractivity contribution is -0.137. The molecule has 0 fully saturated rings. The first-order chi connectivity index (χ1) is 16.3. The van der Waals surface area contributed by atoms with Crippen LogP contribution in [-0.2, 0) is 23.5 Å². The molecule has 0 radical (unpaired) electrons. The zero-order valence-corrected chi connectivity index (χ0v) is 19.3. The Bertz CT molecular complexity index is 1310. The van der Waals surface area contributed by atoms with Crippen LogP contribution in [0.4, 0.5) is 32.2 Å². The zero-order chi connectivity index (χ0) is 26.0. The van der Waals surface area contributed by atoms with Gasteiger partial charge in [0.05, 0.1) is 28.5 Å². The number of benzene rings is 2. The summed E-state index contributed by atoms with van der Waals surface area (Å²) in [5.74, 6) is -0.669. The molecule has 15 heteroatoms. The summed E-state index contributed by atoms with van der Waals surface area (Å²) < 4.78 is 92.0. The van der Waals surface area contributed by atoms with Crippen LogP contribution in [-0.4, -0.2) is 25.8 Å². The van der Waals surface area contributed by atoms with Crippen molar-refractivity contribution in [3.63, 3.8) is 0 Å². The number of anilines is 1. The zero-order valence-electron chi connectivity index (χ0n) is 17.0. The topological polar surface area (TPSA) is 83.1 Å². The highest BCUT2D eigenvalue weighted by atomic mass is 35.5. The highest BCUT2D eigenvalue weighted by Gasteiger charge is 2.43. The van der Waals surface area contributed by atoms with Crippen molar-refractivity contribution in [2.75, 3.05) is 5.32 Å². The fourth-order valence-corrected chi connectivity index (χ4v) is 4.29. The van der Waals surface area contributed by atoms with Gasteiger partial charge in [0.25, 0.3) is 0 Å². The van der Waals surface area contributed by atoms with E-state index in [1.54, 1.807) is 30.3 Å². The predicted octanol–water partition coefficient (Wildman–Crippen LogP) is 6.34. The lowest BCUT2D eigenvalue weighted by Crippen LogP contribution is -2.18. The van der Waals surface area contributed by atoms with Crippen LogP contribution in [0.5, 0.6) is 0 Å². The van der Waals surface area contributed by atoms with Gasteiger partial charge in [-0.3, -0.25) is 4.99 Å². The van der Waals surface area contributed by atoms with Crippen molar-refractivity contribution >= 4 is 46.2 Å². The predicted molar refractivity (Wildman–Crippen MR) is 118 cm³/mol. The first-order valence-electron chi connectivity index (χ1n) is 9.21. The summed E-state index contributed by atoms with van der Waals surface area (Å²) in [5, 5.41) is 14.1. The van der Waals surface area contributed by atoms with Gasteiger partial charge in [-0.15, -0.1) is 0 Å². The van der Waals surface area contributed by atoms with Crippen LogP contribution in [0.15, 0.2) is 52.4 Å². The molecule has 1 aromatic heterocycles. The maximum atomic E-state index is 13.3. The van der Waals surface area contributed by atoms with E-state index in [4.69, 9.17) is 23.2 Å². The summed E-state index contributed by atoms with van der Waals surface area (Å²) in [7, 11) is -3.75. The Morgan fingerprint density at radius 3 is 2.23 bits per heavy atom. The molecule has 0 aliphatic rings. The number of nitriles is 1. The third-order valence-electron chi connectivity index (χ3n) is 4.31. The number of hydrogen-bond donors (Lipinski definition) is 1. The highest BCUT2D eigenvalue weighted by molar-refractivity contribution is 7.86. The van der Waals surface area contributed by atoms with Gasteiger partial charge in [0, 0.05) is 0 Å². The molecule has 0 aliphatic carbocycles. The van der Waals surface area contributed by atoms with Gasteiger partial charge in [-0.2, -0.15) is 36.7 Å². The van der Waals surface area contributed by atoms with Gasteiger partial charge < -0.3 is 5.32 Å². The number of nitrogens with zero attached hydrogens (tertiary/aromatic N) is 4. The largest absolute Gasteiger partial charge is 0.476 e. The van der Waals surface area contributed by atoms with Crippen LogP contribution < -0.4 is 5.32 Å². The van der Waals surface area contributed by atoms with Crippen molar-refractivity contribution in [1.29, 1.82) is 5.26 Å². The minimum Gasteiger partial charge on any atom is -0.330 e. The second-order valence-corrected chi connectivity index (χ2v) is 8.87. The standard InChI is InChI=1S/C20H11Cl2F6N5OS/c21-13-6-12(19(23,24)25)7-14(22)16(13)33-18(31-10-30-9-11-4-2-1-3-5-11)17(15(8-29)32-33)35(34)20(26,27)28/h1-7,10H,9H2,(H,30,31). The van der Waals surface area contributed by atoms with Crippen molar-refractivity contribution in [2.24, 2.45) is 4.99 Å². The van der Waals surface area contributed by atoms with Crippen LogP contribution in [0.2, 0.25) is 10.0 Å².